The minimum Gasteiger partial charge on any atom is -0.336 e. The lowest BCUT2D eigenvalue weighted by Gasteiger charge is -2.10. The molecule has 2 aromatic rings. The fourth-order valence-electron chi connectivity index (χ4n) is 2.35. The lowest BCUT2D eigenvalue weighted by Crippen LogP contribution is -2.36. The molecule has 0 spiro atoms. The Bertz CT molecular complexity index is 634. The summed E-state index contributed by atoms with van der Waals surface area (Å²) in [4.78, 5) is 16.1. The van der Waals surface area contributed by atoms with Gasteiger partial charge in [-0.15, -0.1) is 0 Å². The van der Waals surface area contributed by atoms with Crippen LogP contribution in [0.25, 0.3) is 0 Å². The van der Waals surface area contributed by atoms with E-state index < -0.39 is 0 Å². The third kappa shape index (κ3) is 3.84. The van der Waals surface area contributed by atoms with Gasteiger partial charge in [0.2, 0.25) is 0 Å². The molecular formula is C16H19FN4O. The Morgan fingerprint density at radius 1 is 1.27 bits per heavy atom. The van der Waals surface area contributed by atoms with Gasteiger partial charge in [0, 0.05) is 37.9 Å². The Morgan fingerprint density at radius 3 is 2.77 bits per heavy atom. The summed E-state index contributed by atoms with van der Waals surface area (Å²) in [6, 6.07) is 5.85. The highest BCUT2D eigenvalue weighted by Crippen LogP contribution is 2.38. The van der Waals surface area contributed by atoms with Gasteiger partial charge in [-0.05, 0) is 30.5 Å². The van der Waals surface area contributed by atoms with Crippen molar-refractivity contribution < 1.29 is 9.18 Å². The van der Waals surface area contributed by atoms with Gasteiger partial charge in [0.1, 0.15) is 11.6 Å². The van der Waals surface area contributed by atoms with Crippen LogP contribution in [-0.2, 0) is 13.1 Å². The van der Waals surface area contributed by atoms with Crippen LogP contribution in [0.1, 0.15) is 30.1 Å². The molecule has 3 rings (SSSR count). The van der Waals surface area contributed by atoms with Crippen LogP contribution >= 0.6 is 0 Å². The minimum absolute atomic E-state index is 0.225. The third-order valence-corrected chi connectivity index (χ3v) is 3.69. The number of urea groups is 1. The molecule has 1 saturated carbocycles. The molecule has 1 aromatic carbocycles. The second kappa shape index (κ2) is 6.60. The molecule has 6 heteroatoms. The van der Waals surface area contributed by atoms with Crippen LogP contribution < -0.4 is 10.6 Å². The van der Waals surface area contributed by atoms with Crippen LogP contribution in [-0.4, -0.2) is 22.1 Å². The molecule has 1 heterocycles. The van der Waals surface area contributed by atoms with Crippen LogP contribution in [0.3, 0.4) is 0 Å². The number of hydrogen-bond acceptors (Lipinski definition) is 2. The van der Waals surface area contributed by atoms with Crippen LogP contribution in [0.2, 0.25) is 0 Å². The van der Waals surface area contributed by atoms with Crippen LogP contribution in [0.5, 0.6) is 0 Å². The average molecular weight is 302 g/mol. The number of aromatic nitrogens is 2. The first kappa shape index (κ1) is 14.6. The Kier molecular flexibility index (Phi) is 4.37. The fourth-order valence-corrected chi connectivity index (χ4v) is 2.35. The van der Waals surface area contributed by atoms with E-state index in [1.807, 2.05) is 12.4 Å². The van der Waals surface area contributed by atoms with Gasteiger partial charge >= 0.3 is 6.03 Å². The summed E-state index contributed by atoms with van der Waals surface area (Å²) < 4.78 is 14.9. The summed E-state index contributed by atoms with van der Waals surface area (Å²) in [5.74, 6) is 1.44. The Balaban J connectivity index is 1.39. The summed E-state index contributed by atoms with van der Waals surface area (Å²) in [6.07, 6.45) is 6.18. The molecule has 0 radical (unpaired) electrons. The number of nitrogens with one attached hydrogen (secondary N) is 2. The zero-order valence-electron chi connectivity index (χ0n) is 12.3. The maximum absolute atomic E-state index is 12.8. The van der Waals surface area contributed by atoms with Crippen molar-refractivity contribution in [3.63, 3.8) is 0 Å². The number of halogens is 1. The molecule has 0 unspecified atom stereocenters. The first-order valence-corrected chi connectivity index (χ1v) is 7.49. The summed E-state index contributed by atoms with van der Waals surface area (Å²) in [5, 5.41) is 5.57. The van der Waals surface area contributed by atoms with E-state index >= 15 is 0 Å². The first-order chi connectivity index (χ1) is 10.7. The van der Waals surface area contributed by atoms with Crippen molar-refractivity contribution in [1.29, 1.82) is 0 Å². The van der Waals surface area contributed by atoms with Crippen molar-refractivity contribution in [3.05, 3.63) is 53.9 Å². The van der Waals surface area contributed by atoms with E-state index in [0.717, 1.165) is 17.9 Å². The first-order valence-electron chi connectivity index (χ1n) is 7.49. The van der Waals surface area contributed by atoms with Crippen molar-refractivity contribution in [2.75, 3.05) is 6.54 Å². The number of amides is 2. The van der Waals surface area contributed by atoms with E-state index in [2.05, 4.69) is 20.2 Å². The maximum atomic E-state index is 12.8. The molecule has 2 amide bonds. The molecule has 2 N–H and O–H groups in total. The van der Waals surface area contributed by atoms with Gasteiger partial charge in [-0.1, -0.05) is 12.1 Å². The summed E-state index contributed by atoms with van der Waals surface area (Å²) >= 11 is 0. The quantitative estimate of drug-likeness (QED) is 0.861. The van der Waals surface area contributed by atoms with Crippen molar-refractivity contribution in [3.8, 4) is 0 Å². The lowest BCUT2D eigenvalue weighted by molar-refractivity contribution is 0.240. The Morgan fingerprint density at radius 2 is 2.05 bits per heavy atom. The largest absolute Gasteiger partial charge is 0.336 e. The maximum Gasteiger partial charge on any atom is 0.315 e. The zero-order valence-corrected chi connectivity index (χ0v) is 12.3. The van der Waals surface area contributed by atoms with E-state index in [9.17, 15) is 9.18 Å². The number of carbonyl (C=O) groups excluding carboxylic acids is 1. The number of imidazole rings is 1. The van der Waals surface area contributed by atoms with Crippen molar-refractivity contribution >= 4 is 6.03 Å². The summed E-state index contributed by atoms with van der Waals surface area (Å²) in [5.41, 5.74) is 0.863. The molecule has 1 aliphatic rings. The van der Waals surface area contributed by atoms with Gasteiger partial charge in [-0.3, -0.25) is 0 Å². The van der Waals surface area contributed by atoms with E-state index in [-0.39, 0.29) is 11.8 Å². The normalized spacial score (nSPS) is 13.9. The van der Waals surface area contributed by atoms with Crippen LogP contribution in [0.15, 0.2) is 36.7 Å². The Hall–Kier alpha value is -2.37. The van der Waals surface area contributed by atoms with E-state index in [1.54, 1.807) is 12.1 Å². The number of hydrogen-bond donors (Lipinski definition) is 2. The highest BCUT2D eigenvalue weighted by atomic mass is 19.1. The molecular weight excluding hydrogens is 283 g/mol. The highest BCUT2D eigenvalue weighted by molar-refractivity contribution is 5.73. The molecule has 1 fully saturated rings. The van der Waals surface area contributed by atoms with E-state index in [1.165, 1.54) is 25.0 Å². The molecule has 5 nitrogen and oxygen atoms in total. The number of benzene rings is 1. The predicted octanol–water partition coefficient (Wildman–Crippen LogP) is 2.40. The van der Waals surface area contributed by atoms with Gasteiger partial charge in [0.05, 0.1) is 0 Å². The molecule has 22 heavy (non-hydrogen) atoms. The lowest BCUT2D eigenvalue weighted by atomic mass is 10.2. The van der Waals surface area contributed by atoms with Gasteiger partial charge in [-0.25, -0.2) is 14.2 Å². The second-order valence-corrected chi connectivity index (χ2v) is 5.49. The van der Waals surface area contributed by atoms with Gasteiger partial charge in [0.25, 0.3) is 0 Å². The van der Waals surface area contributed by atoms with Crippen LogP contribution in [0, 0.1) is 5.82 Å². The van der Waals surface area contributed by atoms with Crippen LogP contribution in [0.4, 0.5) is 9.18 Å². The second-order valence-electron chi connectivity index (χ2n) is 5.49. The molecule has 0 atom stereocenters. The highest BCUT2D eigenvalue weighted by Gasteiger charge is 2.27. The van der Waals surface area contributed by atoms with Gasteiger partial charge < -0.3 is 15.2 Å². The van der Waals surface area contributed by atoms with Crippen molar-refractivity contribution in [2.45, 2.75) is 31.8 Å². The zero-order chi connectivity index (χ0) is 15.4. The smallest absolute Gasteiger partial charge is 0.315 e. The van der Waals surface area contributed by atoms with Crippen molar-refractivity contribution in [1.82, 2.24) is 20.2 Å². The summed E-state index contributed by atoms with van der Waals surface area (Å²) in [7, 11) is 0. The number of nitrogens with zero attached hydrogens (tertiary/aromatic N) is 2. The molecule has 1 aromatic heterocycles. The van der Waals surface area contributed by atoms with Crippen molar-refractivity contribution in [2.24, 2.45) is 0 Å². The summed E-state index contributed by atoms with van der Waals surface area (Å²) in [6.45, 7) is 1.64. The number of rotatable bonds is 6. The molecule has 116 valence electrons. The molecule has 1 aliphatic carbocycles. The number of carbonyl (C=O) groups is 1. The standard InChI is InChI=1S/C16H19FN4O/c17-14-5-1-12(2-6-14)11-20-16(22)19-8-10-21-9-7-18-15(21)13-3-4-13/h1-2,5-7,9,13H,3-4,8,10-11H2,(H2,19,20,22). The fraction of sp³-hybridized carbons (Fsp3) is 0.375. The third-order valence-electron chi connectivity index (χ3n) is 3.69. The average Bonchev–Trinajstić information content (AvgIpc) is 3.26. The molecule has 0 aliphatic heterocycles. The van der Waals surface area contributed by atoms with E-state index in [4.69, 9.17) is 0 Å². The Labute approximate surface area is 128 Å². The molecule has 0 bridgehead atoms. The SMILES string of the molecule is O=C(NCCn1ccnc1C1CC1)NCc1ccc(F)cc1. The van der Waals surface area contributed by atoms with E-state index in [0.29, 0.717) is 19.0 Å². The molecule has 0 saturated heterocycles. The monoisotopic (exact) mass is 302 g/mol. The predicted molar refractivity (Wildman–Crippen MR) is 80.8 cm³/mol. The topological polar surface area (TPSA) is 59.0 Å². The minimum atomic E-state index is -0.278. The van der Waals surface area contributed by atoms with Gasteiger partial charge in [-0.2, -0.15) is 0 Å². The van der Waals surface area contributed by atoms with Gasteiger partial charge in [0.15, 0.2) is 0 Å².